The van der Waals surface area contributed by atoms with Crippen molar-refractivity contribution in [3.8, 4) is 0 Å². The van der Waals surface area contributed by atoms with E-state index in [0.29, 0.717) is 28.8 Å². The molecule has 2 heterocycles. The van der Waals surface area contributed by atoms with Gasteiger partial charge in [-0.15, -0.1) is 0 Å². The average molecular weight is 310 g/mol. The molecular weight excluding hydrogens is 293 g/mol. The van der Waals surface area contributed by atoms with E-state index in [0.717, 1.165) is 25.9 Å². The van der Waals surface area contributed by atoms with Crippen molar-refractivity contribution in [2.75, 3.05) is 13.1 Å². The maximum Gasteiger partial charge on any atom is 0.231 e. The number of rotatable bonds is 3. The van der Waals surface area contributed by atoms with Gasteiger partial charge in [0.1, 0.15) is 5.82 Å². The third-order valence-corrected chi connectivity index (χ3v) is 4.20. The Balaban J connectivity index is 1.72. The maximum absolute atomic E-state index is 13.9. The largest absolute Gasteiger partial charge is 0.339 e. The number of hydrogen-bond acceptors (Lipinski definition) is 4. The highest BCUT2D eigenvalue weighted by Crippen LogP contribution is 2.28. The minimum atomic E-state index is -0.252. The van der Waals surface area contributed by atoms with E-state index < -0.39 is 0 Å². The topological polar surface area (TPSA) is 42.2 Å². The Kier molecular flexibility index (Phi) is 4.22. The number of piperidine rings is 1. The van der Waals surface area contributed by atoms with Gasteiger partial charge in [-0.05, 0) is 38.4 Å². The van der Waals surface area contributed by atoms with Crippen molar-refractivity contribution in [1.29, 1.82) is 0 Å². The van der Waals surface area contributed by atoms with Crippen LogP contribution in [0.15, 0.2) is 22.7 Å². The summed E-state index contributed by atoms with van der Waals surface area (Å²) < 4.78 is 19.1. The van der Waals surface area contributed by atoms with E-state index in [4.69, 9.17) is 16.1 Å². The highest BCUT2D eigenvalue weighted by atomic mass is 35.5. The van der Waals surface area contributed by atoms with E-state index in [1.807, 2.05) is 6.92 Å². The van der Waals surface area contributed by atoms with Gasteiger partial charge in [0.15, 0.2) is 5.82 Å². The Hall–Kier alpha value is -1.46. The molecule has 3 rings (SSSR count). The molecule has 0 N–H and O–H groups in total. The molecular formula is C15H17ClFN3O. The van der Waals surface area contributed by atoms with Crippen LogP contribution in [-0.4, -0.2) is 28.1 Å². The summed E-state index contributed by atoms with van der Waals surface area (Å²) in [5.41, 5.74) is 0.557. The van der Waals surface area contributed by atoms with Gasteiger partial charge in [0, 0.05) is 23.7 Å². The van der Waals surface area contributed by atoms with Crippen LogP contribution < -0.4 is 0 Å². The molecule has 1 fully saturated rings. The lowest BCUT2D eigenvalue weighted by Crippen LogP contribution is -2.34. The van der Waals surface area contributed by atoms with Crippen molar-refractivity contribution in [2.45, 2.75) is 32.2 Å². The molecule has 21 heavy (non-hydrogen) atoms. The van der Waals surface area contributed by atoms with Gasteiger partial charge < -0.3 is 4.52 Å². The molecule has 0 amide bonds. The van der Waals surface area contributed by atoms with E-state index in [1.54, 1.807) is 12.1 Å². The van der Waals surface area contributed by atoms with Gasteiger partial charge in [-0.25, -0.2) is 4.39 Å². The average Bonchev–Trinajstić information content (AvgIpc) is 2.90. The lowest BCUT2D eigenvalue weighted by Gasteiger charge is -2.31. The van der Waals surface area contributed by atoms with E-state index in [2.05, 4.69) is 15.0 Å². The first-order chi connectivity index (χ1) is 10.1. The molecule has 1 saturated heterocycles. The third kappa shape index (κ3) is 3.24. The summed E-state index contributed by atoms with van der Waals surface area (Å²) in [7, 11) is 0. The van der Waals surface area contributed by atoms with E-state index >= 15 is 0 Å². The SMILES string of the molecule is Cc1noc([C@@H]2CCCN(Cc3c(F)cccc3Cl)C2)n1. The smallest absolute Gasteiger partial charge is 0.231 e. The van der Waals surface area contributed by atoms with Crippen molar-refractivity contribution in [3.63, 3.8) is 0 Å². The molecule has 0 saturated carbocycles. The van der Waals surface area contributed by atoms with Crippen LogP contribution in [0.5, 0.6) is 0 Å². The number of aromatic nitrogens is 2. The molecule has 1 atom stereocenters. The second-order valence-corrected chi connectivity index (χ2v) is 5.86. The van der Waals surface area contributed by atoms with Crippen molar-refractivity contribution in [3.05, 3.63) is 46.3 Å². The minimum absolute atomic E-state index is 0.213. The first-order valence-electron chi connectivity index (χ1n) is 7.09. The van der Waals surface area contributed by atoms with Crippen LogP contribution >= 0.6 is 11.6 Å². The van der Waals surface area contributed by atoms with Crippen molar-refractivity contribution < 1.29 is 8.91 Å². The number of nitrogens with zero attached hydrogens (tertiary/aromatic N) is 3. The molecule has 1 aromatic heterocycles. The molecule has 0 aliphatic carbocycles. The van der Waals surface area contributed by atoms with Crippen molar-refractivity contribution >= 4 is 11.6 Å². The van der Waals surface area contributed by atoms with Crippen LogP contribution in [-0.2, 0) is 6.54 Å². The summed E-state index contributed by atoms with van der Waals surface area (Å²) in [6.07, 6.45) is 2.04. The molecule has 0 unspecified atom stereocenters. The molecule has 1 aliphatic heterocycles. The summed E-state index contributed by atoms with van der Waals surface area (Å²) in [5, 5.41) is 4.32. The van der Waals surface area contributed by atoms with E-state index in [9.17, 15) is 4.39 Å². The summed E-state index contributed by atoms with van der Waals surface area (Å²) >= 11 is 6.10. The normalized spacial score (nSPS) is 19.9. The monoisotopic (exact) mass is 309 g/mol. The summed E-state index contributed by atoms with van der Waals surface area (Å²) in [6, 6.07) is 4.80. The van der Waals surface area contributed by atoms with Gasteiger partial charge in [0.25, 0.3) is 0 Å². The maximum atomic E-state index is 13.9. The van der Waals surface area contributed by atoms with Crippen LogP contribution in [0.1, 0.15) is 36.0 Å². The number of likely N-dealkylation sites (tertiary alicyclic amines) is 1. The fourth-order valence-electron chi connectivity index (χ4n) is 2.79. The molecule has 0 bridgehead atoms. The standard InChI is InChI=1S/C15H17ClFN3O/c1-10-18-15(21-19-10)11-4-3-7-20(8-11)9-12-13(16)5-2-6-14(12)17/h2,5-6,11H,3-4,7-9H2,1H3/t11-/m1/s1. The van der Waals surface area contributed by atoms with Gasteiger partial charge in [-0.2, -0.15) is 4.98 Å². The summed E-state index contributed by atoms with van der Waals surface area (Å²) in [5.74, 6) is 1.29. The number of halogens is 2. The van der Waals surface area contributed by atoms with Gasteiger partial charge in [0.05, 0.1) is 5.92 Å². The zero-order chi connectivity index (χ0) is 14.8. The Morgan fingerprint density at radius 2 is 2.33 bits per heavy atom. The number of benzene rings is 1. The fraction of sp³-hybridized carbons (Fsp3) is 0.467. The third-order valence-electron chi connectivity index (χ3n) is 3.84. The Morgan fingerprint density at radius 3 is 3.05 bits per heavy atom. The quantitative estimate of drug-likeness (QED) is 0.869. The van der Waals surface area contributed by atoms with Gasteiger partial charge in [0.2, 0.25) is 5.89 Å². The van der Waals surface area contributed by atoms with Crippen molar-refractivity contribution in [1.82, 2.24) is 15.0 Å². The zero-order valence-corrected chi connectivity index (χ0v) is 12.6. The summed E-state index contributed by atoms with van der Waals surface area (Å²) in [6.45, 7) is 4.03. The molecule has 0 radical (unpaired) electrons. The van der Waals surface area contributed by atoms with Gasteiger partial charge in [-0.1, -0.05) is 22.8 Å². The minimum Gasteiger partial charge on any atom is -0.339 e. The second kappa shape index (κ2) is 6.12. The Bertz CT molecular complexity index is 611. The first-order valence-corrected chi connectivity index (χ1v) is 7.46. The Labute approximate surface area is 127 Å². The number of hydrogen-bond donors (Lipinski definition) is 0. The van der Waals surface area contributed by atoms with Crippen LogP contribution in [0.25, 0.3) is 0 Å². The van der Waals surface area contributed by atoms with E-state index in [1.165, 1.54) is 6.07 Å². The summed E-state index contributed by atoms with van der Waals surface area (Å²) in [4.78, 5) is 6.50. The Morgan fingerprint density at radius 1 is 1.48 bits per heavy atom. The predicted molar refractivity (Wildman–Crippen MR) is 77.7 cm³/mol. The van der Waals surface area contributed by atoms with Crippen LogP contribution in [0.2, 0.25) is 5.02 Å². The molecule has 0 spiro atoms. The molecule has 2 aromatic rings. The molecule has 112 valence electrons. The second-order valence-electron chi connectivity index (χ2n) is 5.45. The van der Waals surface area contributed by atoms with Crippen LogP contribution in [0.3, 0.4) is 0 Å². The van der Waals surface area contributed by atoms with Crippen molar-refractivity contribution in [2.24, 2.45) is 0 Å². The molecule has 1 aromatic carbocycles. The zero-order valence-electron chi connectivity index (χ0n) is 11.9. The van der Waals surface area contributed by atoms with Crippen LogP contribution in [0.4, 0.5) is 4.39 Å². The first kappa shape index (κ1) is 14.5. The molecule has 1 aliphatic rings. The fourth-order valence-corrected chi connectivity index (χ4v) is 3.01. The number of aryl methyl sites for hydroxylation is 1. The van der Waals surface area contributed by atoms with E-state index in [-0.39, 0.29) is 11.7 Å². The van der Waals surface area contributed by atoms with Gasteiger partial charge in [-0.3, -0.25) is 4.90 Å². The lowest BCUT2D eigenvalue weighted by molar-refractivity contribution is 0.178. The van der Waals surface area contributed by atoms with Crippen LogP contribution in [0, 0.1) is 12.7 Å². The van der Waals surface area contributed by atoms with Gasteiger partial charge >= 0.3 is 0 Å². The predicted octanol–water partition coefficient (Wildman–Crippen LogP) is 3.55. The highest BCUT2D eigenvalue weighted by molar-refractivity contribution is 6.31. The molecule has 4 nitrogen and oxygen atoms in total. The highest BCUT2D eigenvalue weighted by Gasteiger charge is 2.26. The lowest BCUT2D eigenvalue weighted by atomic mass is 9.97. The molecule has 6 heteroatoms.